The normalized spacial score (nSPS) is 16.4. The van der Waals surface area contributed by atoms with Gasteiger partial charge in [-0.25, -0.2) is 4.98 Å². The predicted molar refractivity (Wildman–Crippen MR) is 76.6 cm³/mol. The number of nitrogens with zero attached hydrogens (tertiary/aromatic N) is 2. The smallest absolute Gasteiger partial charge is 0.231 e. The molecule has 0 amide bonds. The summed E-state index contributed by atoms with van der Waals surface area (Å²) >= 11 is 1.46. The Kier molecular flexibility index (Phi) is 2.95. The third-order valence-corrected chi connectivity index (χ3v) is 4.20. The van der Waals surface area contributed by atoms with Gasteiger partial charge in [0, 0.05) is 24.0 Å². The Labute approximate surface area is 121 Å². The van der Waals surface area contributed by atoms with Gasteiger partial charge in [0.25, 0.3) is 0 Å². The molecule has 1 aliphatic carbocycles. The van der Waals surface area contributed by atoms with Crippen LogP contribution < -0.4 is 14.8 Å². The van der Waals surface area contributed by atoms with Crippen molar-refractivity contribution in [3.05, 3.63) is 29.6 Å². The van der Waals surface area contributed by atoms with E-state index in [9.17, 15) is 0 Å². The minimum atomic E-state index is 0.325. The Morgan fingerprint density at radius 2 is 2.15 bits per heavy atom. The van der Waals surface area contributed by atoms with Crippen LogP contribution >= 0.6 is 11.5 Å². The van der Waals surface area contributed by atoms with Crippen molar-refractivity contribution in [2.24, 2.45) is 0 Å². The third-order valence-electron chi connectivity index (χ3n) is 3.51. The van der Waals surface area contributed by atoms with E-state index in [-0.39, 0.29) is 0 Å². The maximum atomic E-state index is 5.38. The van der Waals surface area contributed by atoms with Crippen LogP contribution in [-0.4, -0.2) is 22.7 Å². The van der Waals surface area contributed by atoms with Crippen LogP contribution in [-0.2, 0) is 6.42 Å². The van der Waals surface area contributed by atoms with Gasteiger partial charge in [-0.1, -0.05) is 6.07 Å². The van der Waals surface area contributed by atoms with E-state index >= 15 is 0 Å². The fourth-order valence-corrected chi connectivity index (χ4v) is 2.90. The molecular weight excluding hydrogens is 274 g/mol. The van der Waals surface area contributed by atoms with E-state index < -0.39 is 0 Å². The van der Waals surface area contributed by atoms with Gasteiger partial charge in [0.05, 0.1) is 0 Å². The highest BCUT2D eigenvalue weighted by atomic mass is 32.1. The molecule has 0 bridgehead atoms. The third kappa shape index (κ3) is 2.43. The second-order valence-electron chi connectivity index (χ2n) is 5.10. The standard InChI is InChI=1S/C14H15N3O2S/c1-4-11-12(19-8-18-11)7-9(1)5-6-15-14-16-13(17-20-14)10-2-3-10/h1,4,7,10H,2-3,5-6,8H2,(H,15,16,17). The number of anilines is 1. The van der Waals surface area contributed by atoms with Gasteiger partial charge in [0.15, 0.2) is 11.5 Å². The number of hydrogen-bond donors (Lipinski definition) is 1. The van der Waals surface area contributed by atoms with Crippen molar-refractivity contribution in [2.45, 2.75) is 25.2 Å². The van der Waals surface area contributed by atoms with Crippen molar-refractivity contribution >= 4 is 16.7 Å². The fraction of sp³-hybridized carbons (Fsp3) is 0.429. The lowest BCUT2D eigenvalue weighted by Gasteiger charge is -2.04. The Morgan fingerprint density at radius 3 is 3.05 bits per heavy atom. The number of rotatable bonds is 5. The number of fused-ring (bicyclic) bond motifs is 1. The summed E-state index contributed by atoms with van der Waals surface area (Å²) in [6.07, 6.45) is 3.41. The van der Waals surface area contributed by atoms with Gasteiger partial charge < -0.3 is 14.8 Å². The zero-order valence-electron chi connectivity index (χ0n) is 11.0. The lowest BCUT2D eigenvalue weighted by Crippen LogP contribution is -2.04. The summed E-state index contributed by atoms with van der Waals surface area (Å²) in [6.45, 7) is 1.17. The Morgan fingerprint density at radius 1 is 1.25 bits per heavy atom. The first-order chi connectivity index (χ1) is 9.88. The topological polar surface area (TPSA) is 56.3 Å². The molecular formula is C14H15N3O2S. The number of nitrogens with one attached hydrogen (secondary N) is 1. The van der Waals surface area contributed by atoms with Crippen molar-refractivity contribution in [3.8, 4) is 11.5 Å². The highest BCUT2D eigenvalue weighted by Crippen LogP contribution is 2.39. The summed E-state index contributed by atoms with van der Waals surface area (Å²) in [6, 6.07) is 6.08. The first kappa shape index (κ1) is 12.0. The maximum absolute atomic E-state index is 5.38. The lowest BCUT2D eigenvalue weighted by molar-refractivity contribution is 0.174. The summed E-state index contributed by atoms with van der Waals surface area (Å²) in [5.41, 5.74) is 1.23. The van der Waals surface area contributed by atoms with Crippen molar-refractivity contribution in [1.29, 1.82) is 0 Å². The highest BCUT2D eigenvalue weighted by molar-refractivity contribution is 7.09. The van der Waals surface area contributed by atoms with Crippen LogP contribution in [0.2, 0.25) is 0 Å². The van der Waals surface area contributed by atoms with Crippen LogP contribution in [0.25, 0.3) is 0 Å². The van der Waals surface area contributed by atoms with Gasteiger partial charge in [-0.15, -0.1) is 0 Å². The summed E-state index contributed by atoms with van der Waals surface area (Å²) in [5.74, 6) is 3.31. The highest BCUT2D eigenvalue weighted by Gasteiger charge is 2.27. The van der Waals surface area contributed by atoms with E-state index in [4.69, 9.17) is 9.47 Å². The number of benzene rings is 1. The molecule has 104 valence electrons. The van der Waals surface area contributed by atoms with Gasteiger partial charge in [-0.2, -0.15) is 4.37 Å². The van der Waals surface area contributed by atoms with Crippen LogP contribution in [0, 0.1) is 0 Å². The molecule has 1 aliphatic heterocycles. The molecule has 5 nitrogen and oxygen atoms in total. The quantitative estimate of drug-likeness (QED) is 0.917. The van der Waals surface area contributed by atoms with Crippen LogP contribution in [0.1, 0.15) is 30.1 Å². The molecule has 2 heterocycles. The van der Waals surface area contributed by atoms with E-state index in [1.807, 2.05) is 12.1 Å². The molecule has 1 N–H and O–H groups in total. The molecule has 1 saturated carbocycles. The van der Waals surface area contributed by atoms with Gasteiger partial charge in [-0.3, -0.25) is 0 Å². The first-order valence-corrected chi connectivity index (χ1v) is 7.62. The summed E-state index contributed by atoms with van der Waals surface area (Å²) in [5, 5.41) is 4.26. The molecule has 20 heavy (non-hydrogen) atoms. The van der Waals surface area contributed by atoms with E-state index in [1.165, 1.54) is 29.9 Å². The van der Waals surface area contributed by atoms with Gasteiger partial charge in [0.1, 0.15) is 5.82 Å². The predicted octanol–water partition coefficient (Wildman–Crippen LogP) is 2.80. The average Bonchev–Trinajstić information content (AvgIpc) is 3.02. The number of ether oxygens (including phenoxy) is 2. The van der Waals surface area contributed by atoms with Crippen molar-refractivity contribution in [2.75, 3.05) is 18.7 Å². The van der Waals surface area contributed by atoms with Crippen molar-refractivity contribution < 1.29 is 9.47 Å². The van der Waals surface area contributed by atoms with Crippen molar-refractivity contribution in [1.82, 2.24) is 9.36 Å². The molecule has 1 aromatic carbocycles. The Balaban J connectivity index is 1.33. The summed E-state index contributed by atoms with van der Waals surface area (Å²) < 4.78 is 15.1. The molecule has 0 spiro atoms. The van der Waals surface area contributed by atoms with E-state index in [1.54, 1.807) is 0 Å². The minimum absolute atomic E-state index is 0.325. The Hall–Kier alpha value is -1.82. The fourth-order valence-electron chi connectivity index (χ4n) is 2.22. The van der Waals surface area contributed by atoms with Crippen molar-refractivity contribution in [3.63, 3.8) is 0 Å². The van der Waals surface area contributed by atoms with Gasteiger partial charge >= 0.3 is 0 Å². The second-order valence-corrected chi connectivity index (χ2v) is 5.85. The average molecular weight is 289 g/mol. The summed E-state index contributed by atoms with van der Waals surface area (Å²) in [4.78, 5) is 4.51. The zero-order chi connectivity index (χ0) is 13.4. The molecule has 2 aliphatic rings. The van der Waals surface area contributed by atoms with Crippen LogP contribution in [0.5, 0.6) is 11.5 Å². The largest absolute Gasteiger partial charge is 0.454 e. The maximum Gasteiger partial charge on any atom is 0.231 e. The number of aromatic nitrogens is 2. The van der Waals surface area contributed by atoms with Crippen LogP contribution in [0.15, 0.2) is 18.2 Å². The van der Waals surface area contributed by atoms with Gasteiger partial charge in [0.2, 0.25) is 11.9 Å². The molecule has 0 unspecified atom stereocenters. The van der Waals surface area contributed by atoms with E-state index in [2.05, 4.69) is 20.7 Å². The minimum Gasteiger partial charge on any atom is -0.454 e. The van der Waals surface area contributed by atoms with Crippen LogP contribution in [0.4, 0.5) is 5.13 Å². The van der Waals surface area contributed by atoms with E-state index in [0.717, 1.165) is 35.4 Å². The molecule has 1 aromatic heterocycles. The zero-order valence-corrected chi connectivity index (χ0v) is 11.8. The Bertz CT molecular complexity index is 625. The van der Waals surface area contributed by atoms with Crippen LogP contribution in [0.3, 0.4) is 0 Å². The monoisotopic (exact) mass is 289 g/mol. The molecule has 4 rings (SSSR count). The SMILES string of the molecule is c1cc2c(cc1CCNc1nc(C3CC3)ns1)OCO2. The molecule has 0 radical (unpaired) electrons. The van der Waals surface area contributed by atoms with E-state index in [0.29, 0.717) is 12.7 Å². The van der Waals surface area contributed by atoms with Gasteiger partial charge in [-0.05, 0) is 37.0 Å². The molecule has 0 saturated heterocycles. The molecule has 2 aromatic rings. The molecule has 6 heteroatoms. The second kappa shape index (κ2) is 4.94. The first-order valence-electron chi connectivity index (χ1n) is 6.84. The molecule has 1 fully saturated rings. The lowest BCUT2D eigenvalue weighted by atomic mass is 10.1. The molecule has 0 atom stereocenters. The summed E-state index contributed by atoms with van der Waals surface area (Å²) in [7, 11) is 0. The number of hydrogen-bond acceptors (Lipinski definition) is 6.